The van der Waals surface area contributed by atoms with E-state index in [1.54, 1.807) is 24.3 Å². The maximum absolute atomic E-state index is 12.8. The van der Waals surface area contributed by atoms with Crippen molar-refractivity contribution in [3.8, 4) is 0 Å². The average Bonchev–Trinajstić information content (AvgIpc) is 3.12. The van der Waals surface area contributed by atoms with Gasteiger partial charge in [-0.25, -0.2) is 0 Å². The van der Waals surface area contributed by atoms with Crippen LogP contribution in [0, 0.1) is 0 Å². The fourth-order valence-electron chi connectivity index (χ4n) is 3.47. The molecule has 1 amide bonds. The first-order valence-electron chi connectivity index (χ1n) is 8.75. The van der Waals surface area contributed by atoms with Crippen LogP contribution in [0.2, 0.25) is 0 Å². The van der Waals surface area contributed by atoms with Crippen LogP contribution in [-0.2, 0) is 0 Å². The molecule has 3 heterocycles. The van der Waals surface area contributed by atoms with Crippen LogP contribution in [0.1, 0.15) is 34.9 Å². The topological polar surface area (TPSA) is 50.5 Å². The number of pyridine rings is 1. The van der Waals surface area contributed by atoms with E-state index < -0.39 is 5.76 Å². The molecule has 1 atom stereocenters. The van der Waals surface area contributed by atoms with E-state index in [-0.39, 0.29) is 11.8 Å². The van der Waals surface area contributed by atoms with E-state index in [9.17, 15) is 13.6 Å². The number of rotatable bonds is 4. The first kappa shape index (κ1) is 17.9. The van der Waals surface area contributed by atoms with Crippen LogP contribution in [0.25, 0.3) is 5.65 Å². The minimum Gasteiger partial charge on any atom is -0.338 e. The summed E-state index contributed by atoms with van der Waals surface area (Å²) in [5.74, 6) is -1.56. The second-order valence-electron chi connectivity index (χ2n) is 6.48. The van der Waals surface area contributed by atoms with Crippen molar-refractivity contribution in [3.63, 3.8) is 0 Å². The molecule has 27 heavy (non-hydrogen) atoms. The van der Waals surface area contributed by atoms with Crippen LogP contribution < -0.4 is 0 Å². The average molecular weight is 388 g/mol. The van der Waals surface area contributed by atoms with Crippen molar-refractivity contribution < 1.29 is 13.6 Å². The van der Waals surface area contributed by atoms with Crippen molar-refractivity contribution in [2.24, 2.45) is 0 Å². The normalized spacial score (nSPS) is 17.6. The highest BCUT2D eigenvalue weighted by Gasteiger charge is 2.28. The van der Waals surface area contributed by atoms with Gasteiger partial charge in [-0.2, -0.15) is 8.78 Å². The number of nitrogens with zero attached hydrogens (tertiary/aromatic N) is 4. The van der Waals surface area contributed by atoms with Crippen molar-refractivity contribution >= 4 is 23.3 Å². The van der Waals surface area contributed by atoms with Crippen molar-refractivity contribution in [2.75, 3.05) is 13.1 Å². The smallest absolute Gasteiger partial charge is 0.288 e. The molecule has 0 radical (unpaired) electrons. The van der Waals surface area contributed by atoms with Gasteiger partial charge in [0.25, 0.3) is 11.7 Å². The molecule has 5 nitrogen and oxygen atoms in total. The molecule has 0 saturated carbocycles. The number of halogens is 2. The van der Waals surface area contributed by atoms with E-state index in [4.69, 9.17) is 0 Å². The van der Waals surface area contributed by atoms with Crippen LogP contribution in [0.4, 0.5) is 8.78 Å². The SMILES string of the molecule is O=C(c1ccc(SC(F)F)cc1)N1CCCC(c2nnc3ccccn23)C1. The molecule has 4 rings (SSSR count). The van der Waals surface area contributed by atoms with E-state index in [1.165, 1.54) is 0 Å². The number of fused-ring (bicyclic) bond motifs is 1. The zero-order chi connectivity index (χ0) is 18.8. The number of carbonyl (C=O) groups excluding carboxylic acids is 1. The molecular weight excluding hydrogens is 370 g/mol. The van der Waals surface area contributed by atoms with Gasteiger partial charge in [0.2, 0.25) is 0 Å². The Kier molecular flexibility index (Phi) is 5.07. The van der Waals surface area contributed by atoms with Crippen molar-refractivity contribution in [3.05, 3.63) is 60.0 Å². The summed E-state index contributed by atoms with van der Waals surface area (Å²) in [5, 5.41) is 8.53. The van der Waals surface area contributed by atoms with Gasteiger partial charge >= 0.3 is 0 Å². The van der Waals surface area contributed by atoms with Crippen LogP contribution in [0.5, 0.6) is 0 Å². The molecule has 1 aliphatic heterocycles. The van der Waals surface area contributed by atoms with Gasteiger partial charge in [-0.05, 0) is 49.2 Å². The fourth-order valence-corrected chi connectivity index (χ4v) is 3.97. The lowest BCUT2D eigenvalue weighted by atomic mass is 9.96. The number of benzene rings is 1. The maximum atomic E-state index is 12.8. The molecule has 2 aromatic heterocycles. The number of thioether (sulfide) groups is 1. The molecule has 3 aromatic rings. The van der Waals surface area contributed by atoms with Gasteiger partial charge in [0.05, 0.1) is 0 Å². The number of hydrogen-bond donors (Lipinski definition) is 0. The Labute approximate surface area is 159 Å². The second-order valence-corrected chi connectivity index (χ2v) is 7.54. The molecule has 1 unspecified atom stereocenters. The van der Waals surface area contributed by atoms with Gasteiger partial charge in [0.1, 0.15) is 5.82 Å². The number of alkyl halides is 2. The Balaban J connectivity index is 1.50. The van der Waals surface area contributed by atoms with Crippen LogP contribution in [0.3, 0.4) is 0 Å². The summed E-state index contributed by atoms with van der Waals surface area (Å²) in [6.45, 7) is 1.25. The number of aromatic nitrogens is 3. The summed E-state index contributed by atoms with van der Waals surface area (Å²) in [6, 6.07) is 12.1. The number of piperidine rings is 1. The summed E-state index contributed by atoms with van der Waals surface area (Å²) in [6.07, 6.45) is 3.77. The summed E-state index contributed by atoms with van der Waals surface area (Å²) >= 11 is 0.478. The molecule has 1 saturated heterocycles. The van der Waals surface area contributed by atoms with E-state index >= 15 is 0 Å². The highest BCUT2D eigenvalue weighted by molar-refractivity contribution is 7.99. The van der Waals surface area contributed by atoms with Gasteiger partial charge in [0.15, 0.2) is 5.65 Å². The quantitative estimate of drug-likeness (QED) is 0.633. The van der Waals surface area contributed by atoms with Gasteiger partial charge in [-0.3, -0.25) is 9.20 Å². The molecular formula is C19H18F2N4OS. The zero-order valence-electron chi connectivity index (χ0n) is 14.5. The Morgan fingerprint density at radius 3 is 2.74 bits per heavy atom. The van der Waals surface area contributed by atoms with Crippen LogP contribution in [0.15, 0.2) is 53.6 Å². The van der Waals surface area contributed by atoms with Crippen molar-refractivity contribution in [2.45, 2.75) is 29.4 Å². The Bertz CT molecular complexity index is 944. The third kappa shape index (κ3) is 3.80. The van der Waals surface area contributed by atoms with E-state index in [0.717, 1.165) is 24.3 Å². The molecule has 0 N–H and O–H groups in total. The highest BCUT2D eigenvalue weighted by atomic mass is 32.2. The first-order valence-corrected chi connectivity index (χ1v) is 9.63. The number of hydrogen-bond acceptors (Lipinski definition) is 4. The van der Waals surface area contributed by atoms with Gasteiger partial charge in [-0.1, -0.05) is 17.8 Å². The fraction of sp³-hybridized carbons (Fsp3) is 0.316. The van der Waals surface area contributed by atoms with Crippen LogP contribution >= 0.6 is 11.8 Å². The summed E-state index contributed by atoms with van der Waals surface area (Å²) in [5.41, 5.74) is 1.31. The molecule has 0 aliphatic carbocycles. The minimum absolute atomic E-state index is 0.0814. The molecule has 8 heteroatoms. The second kappa shape index (κ2) is 7.64. The molecule has 1 fully saturated rings. The number of carbonyl (C=O) groups is 1. The Morgan fingerprint density at radius 2 is 1.96 bits per heavy atom. The van der Waals surface area contributed by atoms with Crippen LogP contribution in [-0.4, -0.2) is 44.3 Å². The number of amides is 1. The highest BCUT2D eigenvalue weighted by Crippen LogP contribution is 2.28. The summed E-state index contributed by atoms with van der Waals surface area (Å²) in [4.78, 5) is 15.1. The third-order valence-electron chi connectivity index (χ3n) is 4.74. The minimum atomic E-state index is -2.47. The summed E-state index contributed by atoms with van der Waals surface area (Å²) in [7, 11) is 0. The lowest BCUT2D eigenvalue weighted by Crippen LogP contribution is -2.39. The predicted octanol–water partition coefficient (Wildman–Crippen LogP) is 4.06. The van der Waals surface area contributed by atoms with Crippen molar-refractivity contribution in [1.82, 2.24) is 19.5 Å². The van der Waals surface area contributed by atoms with Gasteiger partial charge < -0.3 is 4.90 Å². The lowest BCUT2D eigenvalue weighted by Gasteiger charge is -2.32. The largest absolute Gasteiger partial charge is 0.338 e. The van der Waals surface area contributed by atoms with E-state index in [2.05, 4.69) is 10.2 Å². The predicted molar refractivity (Wildman–Crippen MR) is 99.2 cm³/mol. The number of likely N-dealkylation sites (tertiary alicyclic amines) is 1. The first-order chi connectivity index (χ1) is 13.1. The van der Waals surface area contributed by atoms with E-state index in [1.807, 2.05) is 33.7 Å². The van der Waals surface area contributed by atoms with Crippen molar-refractivity contribution in [1.29, 1.82) is 0 Å². The molecule has 0 spiro atoms. The van der Waals surface area contributed by atoms with Gasteiger partial charge in [0, 0.05) is 35.7 Å². The Morgan fingerprint density at radius 1 is 1.15 bits per heavy atom. The third-order valence-corrected chi connectivity index (χ3v) is 5.46. The molecule has 1 aliphatic rings. The van der Waals surface area contributed by atoms with Gasteiger partial charge in [-0.15, -0.1) is 10.2 Å². The molecule has 140 valence electrons. The Hall–Kier alpha value is -2.48. The standard InChI is InChI=1S/C19H18F2N4OS/c20-19(21)27-15-8-6-13(7-9-15)18(26)24-10-3-4-14(12-24)17-23-22-16-5-1-2-11-25(16)17/h1-2,5-9,11,14,19H,3-4,10,12H2. The zero-order valence-corrected chi connectivity index (χ0v) is 15.3. The monoisotopic (exact) mass is 388 g/mol. The lowest BCUT2D eigenvalue weighted by molar-refractivity contribution is 0.0704. The molecule has 0 bridgehead atoms. The summed E-state index contributed by atoms with van der Waals surface area (Å²) < 4.78 is 26.8. The maximum Gasteiger partial charge on any atom is 0.288 e. The van der Waals surface area contributed by atoms with E-state index in [0.29, 0.717) is 35.3 Å². The molecule has 1 aromatic carbocycles.